The zero-order valence-electron chi connectivity index (χ0n) is 16.6. The molecule has 0 spiro atoms. The first-order valence-electron chi connectivity index (χ1n) is 10.2. The lowest BCUT2D eigenvalue weighted by atomic mass is 9.99. The Morgan fingerprint density at radius 1 is 1.11 bits per heavy atom. The second-order valence-corrected chi connectivity index (χ2v) is 8.10. The summed E-state index contributed by atoms with van der Waals surface area (Å²) in [4.78, 5) is 19.0. The summed E-state index contributed by atoms with van der Waals surface area (Å²) in [5.74, 6) is 2.13. The van der Waals surface area contributed by atoms with Crippen LogP contribution in [0.3, 0.4) is 0 Å². The number of carbonyl (C=O) groups is 1. The molecule has 1 aromatic carbocycles. The quantitative estimate of drug-likeness (QED) is 0.754. The number of amides is 1. The summed E-state index contributed by atoms with van der Waals surface area (Å²) in [7, 11) is 0. The summed E-state index contributed by atoms with van der Waals surface area (Å²) >= 11 is 0. The lowest BCUT2D eigenvalue weighted by Gasteiger charge is -2.38. The monoisotopic (exact) mass is 380 g/mol. The van der Waals surface area contributed by atoms with Gasteiger partial charge in [0.25, 0.3) is 5.91 Å². The van der Waals surface area contributed by atoms with Crippen molar-refractivity contribution in [1.29, 1.82) is 0 Å². The van der Waals surface area contributed by atoms with Gasteiger partial charge in [0.05, 0.1) is 6.20 Å². The molecule has 0 N–H and O–H groups in total. The third kappa shape index (κ3) is 4.13. The third-order valence-corrected chi connectivity index (χ3v) is 5.82. The Morgan fingerprint density at radius 2 is 1.82 bits per heavy atom. The molecule has 148 valence electrons. The van der Waals surface area contributed by atoms with E-state index in [2.05, 4.69) is 31.0 Å². The summed E-state index contributed by atoms with van der Waals surface area (Å²) in [6, 6.07) is 12.3. The van der Waals surface area contributed by atoms with E-state index < -0.39 is 0 Å². The number of pyridine rings is 1. The molecule has 28 heavy (non-hydrogen) atoms. The minimum Gasteiger partial charge on any atom is -0.489 e. The van der Waals surface area contributed by atoms with E-state index in [0.29, 0.717) is 5.92 Å². The number of fused-ring (bicyclic) bond motifs is 2. The van der Waals surface area contributed by atoms with Crippen molar-refractivity contribution in [3.05, 3.63) is 54.4 Å². The number of nitrogens with zero attached hydrogens (tertiary/aromatic N) is 2. The average molecular weight is 380 g/mol. The van der Waals surface area contributed by atoms with Crippen molar-refractivity contribution in [2.45, 2.75) is 63.6 Å². The maximum Gasteiger partial charge on any atom is 0.261 e. The van der Waals surface area contributed by atoms with Gasteiger partial charge in [-0.2, -0.15) is 0 Å². The molecule has 0 aliphatic carbocycles. The van der Waals surface area contributed by atoms with E-state index in [1.54, 1.807) is 12.4 Å². The Bertz CT molecular complexity index is 777. The lowest BCUT2D eigenvalue weighted by Crippen LogP contribution is -2.50. The van der Waals surface area contributed by atoms with E-state index in [4.69, 9.17) is 9.47 Å². The molecular weight excluding hydrogens is 352 g/mol. The molecular formula is C23H28N2O3. The van der Waals surface area contributed by atoms with Gasteiger partial charge >= 0.3 is 0 Å². The van der Waals surface area contributed by atoms with Crippen molar-refractivity contribution in [3.8, 4) is 11.5 Å². The molecule has 2 atom stereocenters. The molecule has 3 heterocycles. The molecule has 5 nitrogen and oxygen atoms in total. The lowest BCUT2D eigenvalue weighted by molar-refractivity contribution is -0.139. The van der Waals surface area contributed by atoms with E-state index in [0.717, 1.165) is 37.2 Å². The van der Waals surface area contributed by atoms with Gasteiger partial charge in [0.15, 0.2) is 6.61 Å². The molecule has 2 fully saturated rings. The fraction of sp³-hybridized carbons (Fsp3) is 0.478. The number of benzene rings is 1. The van der Waals surface area contributed by atoms with Crippen LogP contribution in [0.4, 0.5) is 0 Å². The highest BCUT2D eigenvalue weighted by atomic mass is 16.5. The second-order valence-electron chi connectivity index (χ2n) is 8.10. The number of rotatable bonds is 6. The van der Waals surface area contributed by atoms with Gasteiger partial charge in [-0.15, -0.1) is 0 Å². The number of hydrogen-bond acceptors (Lipinski definition) is 4. The van der Waals surface area contributed by atoms with E-state index in [1.165, 1.54) is 5.56 Å². The van der Waals surface area contributed by atoms with Crippen LogP contribution >= 0.6 is 0 Å². The molecule has 2 aliphatic rings. The van der Waals surface area contributed by atoms with Gasteiger partial charge in [-0.25, -0.2) is 0 Å². The smallest absolute Gasteiger partial charge is 0.261 e. The number of carbonyl (C=O) groups excluding carboxylic acids is 1. The van der Waals surface area contributed by atoms with Gasteiger partial charge in [-0.3, -0.25) is 9.78 Å². The fourth-order valence-corrected chi connectivity index (χ4v) is 4.41. The molecule has 5 heteroatoms. The van der Waals surface area contributed by atoms with Crippen molar-refractivity contribution in [3.63, 3.8) is 0 Å². The summed E-state index contributed by atoms with van der Waals surface area (Å²) in [6.07, 6.45) is 7.49. The van der Waals surface area contributed by atoms with Gasteiger partial charge < -0.3 is 14.4 Å². The van der Waals surface area contributed by atoms with Crippen LogP contribution in [0, 0.1) is 0 Å². The molecule has 0 saturated carbocycles. The maximum atomic E-state index is 12.8. The highest BCUT2D eigenvalue weighted by Gasteiger charge is 2.44. The summed E-state index contributed by atoms with van der Waals surface area (Å²) < 4.78 is 11.9. The molecule has 0 radical (unpaired) electrons. The van der Waals surface area contributed by atoms with Gasteiger partial charge in [-0.1, -0.05) is 26.0 Å². The highest BCUT2D eigenvalue weighted by Crippen LogP contribution is 2.37. The Labute approximate surface area is 166 Å². The second kappa shape index (κ2) is 8.21. The van der Waals surface area contributed by atoms with Gasteiger partial charge in [0, 0.05) is 31.1 Å². The van der Waals surface area contributed by atoms with Gasteiger partial charge in [0.2, 0.25) is 0 Å². The van der Waals surface area contributed by atoms with Crippen LogP contribution in [0.25, 0.3) is 0 Å². The zero-order chi connectivity index (χ0) is 19.5. The van der Waals surface area contributed by atoms with Crippen LogP contribution in [0.15, 0.2) is 48.8 Å². The van der Waals surface area contributed by atoms with Crippen LogP contribution in [-0.4, -0.2) is 40.6 Å². The van der Waals surface area contributed by atoms with Crippen LogP contribution in [-0.2, 0) is 4.79 Å². The Morgan fingerprint density at radius 3 is 2.43 bits per heavy atom. The predicted molar refractivity (Wildman–Crippen MR) is 108 cm³/mol. The first-order valence-corrected chi connectivity index (χ1v) is 10.2. The first kappa shape index (κ1) is 18.8. The Kier molecular flexibility index (Phi) is 5.51. The first-order chi connectivity index (χ1) is 13.6. The Balaban J connectivity index is 1.32. The summed E-state index contributed by atoms with van der Waals surface area (Å²) in [6.45, 7) is 4.43. The molecule has 2 bridgehead atoms. The third-order valence-electron chi connectivity index (χ3n) is 5.82. The van der Waals surface area contributed by atoms with Crippen LogP contribution in [0.5, 0.6) is 11.5 Å². The van der Waals surface area contributed by atoms with Crippen LogP contribution in [0.1, 0.15) is 51.0 Å². The van der Waals surface area contributed by atoms with Crippen molar-refractivity contribution in [2.75, 3.05) is 6.61 Å². The summed E-state index contributed by atoms with van der Waals surface area (Å²) in [5.41, 5.74) is 1.27. The zero-order valence-corrected chi connectivity index (χ0v) is 16.6. The fourth-order valence-electron chi connectivity index (χ4n) is 4.41. The molecule has 2 saturated heterocycles. The van der Waals surface area contributed by atoms with Crippen molar-refractivity contribution >= 4 is 5.91 Å². The van der Waals surface area contributed by atoms with Crippen molar-refractivity contribution < 1.29 is 14.3 Å². The SMILES string of the molecule is CC(C)c1ccc(OCC(=O)N2C3CCC2CC(Oc2cccnc2)C3)cc1. The molecule has 2 aromatic rings. The minimum absolute atomic E-state index is 0.0836. The molecule has 1 aromatic heterocycles. The molecule has 4 rings (SSSR count). The normalized spacial score (nSPS) is 23.7. The molecule has 2 unspecified atom stereocenters. The van der Waals surface area contributed by atoms with E-state index in [9.17, 15) is 4.79 Å². The maximum absolute atomic E-state index is 12.8. The van der Waals surface area contributed by atoms with Crippen molar-refractivity contribution in [1.82, 2.24) is 9.88 Å². The topological polar surface area (TPSA) is 51.7 Å². The van der Waals surface area contributed by atoms with Gasteiger partial charge in [0.1, 0.15) is 17.6 Å². The number of aromatic nitrogens is 1. The van der Waals surface area contributed by atoms with E-state index in [1.807, 2.05) is 29.2 Å². The summed E-state index contributed by atoms with van der Waals surface area (Å²) in [5, 5.41) is 0. The minimum atomic E-state index is 0.0836. The van der Waals surface area contributed by atoms with Crippen LogP contribution in [0.2, 0.25) is 0 Å². The van der Waals surface area contributed by atoms with Crippen LogP contribution < -0.4 is 9.47 Å². The van der Waals surface area contributed by atoms with E-state index in [-0.39, 0.29) is 30.7 Å². The van der Waals surface area contributed by atoms with Crippen molar-refractivity contribution in [2.24, 2.45) is 0 Å². The highest BCUT2D eigenvalue weighted by molar-refractivity contribution is 5.79. The number of ether oxygens (including phenoxy) is 2. The number of piperidine rings is 1. The standard InChI is InChI=1S/C23H28N2O3/c1-16(2)17-5-9-20(10-6-17)27-15-23(26)25-18-7-8-19(25)13-22(12-18)28-21-4-3-11-24-14-21/h3-6,9-11,14,16,18-19,22H,7-8,12-13,15H2,1-2H3. The predicted octanol–water partition coefficient (Wildman–Crippen LogP) is 4.18. The number of hydrogen-bond donors (Lipinski definition) is 0. The average Bonchev–Trinajstić information content (AvgIpc) is 2.98. The Hall–Kier alpha value is -2.56. The van der Waals surface area contributed by atoms with E-state index >= 15 is 0 Å². The molecule has 1 amide bonds. The largest absolute Gasteiger partial charge is 0.489 e. The van der Waals surface area contributed by atoms with Gasteiger partial charge in [-0.05, 0) is 48.6 Å². The molecule has 2 aliphatic heterocycles.